The van der Waals surface area contributed by atoms with E-state index in [-0.39, 0.29) is 5.06 Å². The first kappa shape index (κ1) is 30.5. The van der Waals surface area contributed by atoms with Crippen molar-refractivity contribution in [2.24, 2.45) is 10.8 Å². The summed E-state index contributed by atoms with van der Waals surface area (Å²) in [6.07, 6.45) is -10.2. The molecule has 0 N–H and O–H groups in total. The fourth-order valence-electron chi connectivity index (χ4n) is 3.61. The molecule has 0 aromatic heterocycles. The maximum Gasteiger partial charge on any atom is 0.412 e. The maximum atomic E-state index is 15.2. The Morgan fingerprint density at radius 2 is 1.33 bits per heavy atom. The van der Waals surface area contributed by atoms with Crippen LogP contribution in [-0.4, -0.2) is 33.6 Å². The summed E-state index contributed by atoms with van der Waals surface area (Å²) in [5, 5.41) is -0.169. The molecule has 0 atom stereocenters. The van der Waals surface area contributed by atoms with E-state index < -0.39 is 49.6 Å². The van der Waals surface area contributed by atoms with Crippen molar-refractivity contribution in [1.29, 1.82) is 0 Å². The van der Waals surface area contributed by atoms with E-state index in [1.54, 1.807) is 12.1 Å². The smallest absolute Gasteiger partial charge is 0.313 e. The van der Waals surface area contributed by atoms with Crippen LogP contribution in [0.1, 0.15) is 20.8 Å². The molecule has 0 unspecified atom stereocenters. The molecular weight excluding hydrogens is 547 g/mol. The van der Waals surface area contributed by atoms with Crippen LogP contribution in [0.5, 0.6) is 0 Å². The zero-order chi connectivity index (χ0) is 27.7. The molecule has 2 aromatic carbocycles. The summed E-state index contributed by atoms with van der Waals surface area (Å²) in [5.41, 5.74) is -8.37. The molecule has 0 saturated heterocycles. The monoisotopic (exact) mass is 572 g/mol. The second-order valence-electron chi connectivity index (χ2n) is 8.99. The van der Waals surface area contributed by atoms with Crippen LogP contribution in [0.15, 0.2) is 57.2 Å². The van der Waals surface area contributed by atoms with Crippen LogP contribution in [0.25, 0.3) is 0 Å². The summed E-state index contributed by atoms with van der Waals surface area (Å²) >= 11 is 2.66. The molecule has 0 saturated carbocycles. The summed E-state index contributed by atoms with van der Waals surface area (Å²) in [6, 6.07) is 10.4. The van der Waals surface area contributed by atoms with Crippen molar-refractivity contribution >= 4 is 44.2 Å². The molecule has 3 nitrogen and oxygen atoms in total. The van der Waals surface area contributed by atoms with Gasteiger partial charge in [-0.15, -0.1) is 11.8 Å². The minimum atomic E-state index is -6.05. The number of carbonyl (C=O) groups is 1. The van der Waals surface area contributed by atoms with Gasteiger partial charge in [-0.05, 0) is 67.2 Å². The van der Waals surface area contributed by atoms with Crippen LogP contribution in [-0.2, 0) is 9.32 Å². The van der Waals surface area contributed by atoms with Crippen LogP contribution >= 0.6 is 23.5 Å². The first-order valence-electron chi connectivity index (χ1n) is 10.4. The molecule has 36 heavy (non-hydrogen) atoms. The number of rotatable bonds is 7. The van der Waals surface area contributed by atoms with E-state index in [9.17, 15) is 31.1 Å². The average molecular weight is 573 g/mol. The SMILES string of the molecule is CSc1ccc(Sc2ccc(N(O[Si](C)C)C(=O)C(C(C)(C)C)(C(F)(F)F)C(F)(F)F)c(F)c2)cc1. The predicted octanol–water partition coefficient (Wildman–Crippen LogP) is 8.37. The van der Waals surface area contributed by atoms with Gasteiger partial charge >= 0.3 is 12.4 Å². The number of hydrogen-bond donors (Lipinski definition) is 0. The third-order valence-electron chi connectivity index (χ3n) is 5.19. The molecule has 13 heteroatoms. The van der Waals surface area contributed by atoms with Gasteiger partial charge in [-0.1, -0.05) is 32.5 Å². The topological polar surface area (TPSA) is 29.5 Å². The fraction of sp³-hybridized carbons (Fsp3) is 0.435. The molecule has 0 aliphatic carbocycles. The maximum absolute atomic E-state index is 15.2. The third kappa shape index (κ3) is 6.05. The van der Waals surface area contributed by atoms with Crippen molar-refractivity contribution in [2.75, 3.05) is 11.3 Å². The van der Waals surface area contributed by atoms with Gasteiger partial charge in [0, 0.05) is 14.7 Å². The summed E-state index contributed by atoms with van der Waals surface area (Å²) < 4.78 is 105. The minimum Gasteiger partial charge on any atom is -0.313 e. The van der Waals surface area contributed by atoms with E-state index in [0.717, 1.165) is 33.7 Å². The number of benzene rings is 2. The van der Waals surface area contributed by atoms with E-state index in [1.165, 1.54) is 30.9 Å². The summed E-state index contributed by atoms with van der Waals surface area (Å²) in [4.78, 5) is 15.3. The molecule has 0 aliphatic rings. The summed E-state index contributed by atoms with van der Waals surface area (Å²) in [7, 11) is -2.10. The highest BCUT2D eigenvalue weighted by molar-refractivity contribution is 7.99. The zero-order valence-electron chi connectivity index (χ0n) is 20.3. The molecule has 1 amide bonds. The lowest BCUT2D eigenvalue weighted by Crippen LogP contribution is -2.66. The Hall–Kier alpha value is -1.70. The quantitative estimate of drug-likeness (QED) is 0.144. The van der Waals surface area contributed by atoms with Crippen molar-refractivity contribution < 1.29 is 40.1 Å². The molecule has 199 valence electrons. The number of halogens is 7. The number of nitrogens with zero attached hydrogens (tertiary/aromatic N) is 1. The number of hydroxylamine groups is 1. The van der Waals surface area contributed by atoms with Gasteiger partial charge in [0.15, 0.2) is 5.82 Å². The number of hydrogen-bond acceptors (Lipinski definition) is 4. The largest absolute Gasteiger partial charge is 0.412 e. The Balaban J connectivity index is 2.61. The first-order chi connectivity index (χ1) is 16.4. The highest BCUT2D eigenvalue weighted by Crippen LogP contribution is 2.61. The zero-order valence-corrected chi connectivity index (χ0v) is 22.9. The molecule has 0 fully saturated rings. The van der Waals surface area contributed by atoms with Gasteiger partial charge in [-0.3, -0.25) is 4.79 Å². The van der Waals surface area contributed by atoms with E-state index >= 15 is 4.39 Å². The van der Waals surface area contributed by atoms with E-state index in [4.69, 9.17) is 4.53 Å². The van der Waals surface area contributed by atoms with E-state index in [1.807, 2.05) is 18.4 Å². The Morgan fingerprint density at radius 3 is 1.72 bits per heavy atom. The fourth-order valence-corrected chi connectivity index (χ4v) is 5.40. The third-order valence-corrected chi connectivity index (χ3v) is 7.48. The molecule has 2 aromatic rings. The van der Waals surface area contributed by atoms with Crippen molar-refractivity contribution in [3.05, 3.63) is 48.3 Å². The van der Waals surface area contributed by atoms with Crippen LogP contribution in [0.2, 0.25) is 13.1 Å². The number of thioether (sulfide) groups is 1. The van der Waals surface area contributed by atoms with Crippen molar-refractivity contribution in [2.45, 2.75) is 60.9 Å². The second kappa shape index (κ2) is 11.0. The van der Waals surface area contributed by atoms with E-state index in [2.05, 4.69) is 0 Å². The van der Waals surface area contributed by atoms with Crippen LogP contribution < -0.4 is 5.06 Å². The van der Waals surface area contributed by atoms with Crippen molar-refractivity contribution in [3.8, 4) is 0 Å². The van der Waals surface area contributed by atoms with Gasteiger partial charge < -0.3 is 4.53 Å². The van der Waals surface area contributed by atoms with Gasteiger partial charge in [0.25, 0.3) is 5.91 Å². The van der Waals surface area contributed by atoms with Crippen LogP contribution in [0, 0.1) is 16.6 Å². The second-order valence-corrected chi connectivity index (χ2v) is 13.0. The Morgan fingerprint density at radius 1 is 0.861 bits per heavy atom. The molecule has 1 radical (unpaired) electrons. The van der Waals surface area contributed by atoms with Gasteiger partial charge in [0.2, 0.25) is 14.5 Å². The summed E-state index contributed by atoms with van der Waals surface area (Å²) in [6.45, 7) is 4.77. The predicted molar refractivity (Wildman–Crippen MR) is 129 cm³/mol. The lowest BCUT2D eigenvalue weighted by molar-refractivity contribution is -0.353. The minimum absolute atomic E-state index is 0.169. The summed E-state index contributed by atoms with van der Waals surface area (Å²) in [5.74, 6) is -3.65. The Bertz CT molecular complexity index is 1030. The van der Waals surface area contributed by atoms with Crippen molar-refractivity contribution in [3.63, 3.8) is 0 Å². The number of amides is 1. The lowest BCUT2D eigenvalue weighted by Gasteiger charge is -2.46. The van der Waals surface area contributed by atoms with Crippen molar-refractivity contribution in [1.82, 2.24) is 0 Å². The standard InChI is InChI=1S/C23H25F7NO2S2Si/c1-20(2,3)21(22(25,26)27,23(28,29)30)19(32)31(33-36(5)6)18-12-11-16(13-17(18)24)35-15-9-7-14(34-4)8-10-15/h7-13H,1-6H3. The molecular formula is C23H25F7NO2S2Si. The van der Waals surface area contributed by atoms with Crippen LogP contribution in [0.3, 0.4) is 0 Å². The number of carbonyl (C=O) groups excluding carboxylic acids is 1. The number of alkyl halides is 6. The Labute approximate surface area is 215 Å². The van der Waals surface area contributed by atoms with E-state index in [0.29, 0.717) is 25.7 Å². The first-order valence-corrected chi connectivity index (χ1v) is 14.9. The highest BCUT2D eigenvalue weighted by Gasteiger charge is 2.81. The lowest BCUT2D eigenvalue weighted by atomic mass is 9.64. The molecule has 0 spiro atoms. The van der Waals surface area contributed by atoms with Gasteiger partial charge in [-0.25, -0.2) is 4.39 Å². The van der Waals surface area contributed by atoms with Gasteiger partial charge in [-0.2, -0.15) is 31.4 Å². The molecule has 0 heterocycles. The van der Waals surface area contributed by atoms with Gasteiger partial charge in [0.05, 0.1) is 0 Å². The highest BCUT2D eigenvalue weighted by atomic mass is 32.2. The average Bonchev–Trinajstić information content (AvgIpc) is 2.70. The van der Waals surface area contributed by atoms with Crippen LogP contribution in [0.4, 0.5) is 36.4 Å². The molecule has 0 aliphatic heterocycles. The Kier molecular flexibility index (Phi) is 9.29. The normalized spacial score (nSPS) is 13.3. The number of anilines is 1. The molecule has 0 bridgehead atoms. The van der Waals surface area contributed by atoms with Gasteiger partial charge in [0.1, 0.15) is 5.69 Å². The molecule has 2 rings (SSSR count).